The molecule has 24 heavy (non-hydrogen) atoms. The SMILES string of the molecule is O=[N+]([O-])c1ccn(CCCSCc2ccc(-n3ccnc3)cc2)n1. The summed E-state index contributed by atoms with van der Waals surface area (Å²) in [6.45, 7) is 0.695. The van der Waals surface area contributed by atoms with Crippen LogP contribution in [0.15, 0.2) is 55.2 Å². The summed E-state index contributed by atoms with van der Waals surface area (Å²) in [6.07, 6.45) is 8.04. The van der Waals surface area contributed by atoms with E-state index in [2.05, 4.69) is 34.3 Å². The largest absolute Gasteiger partial charge is 0.389 e. The van der Waals surface area contributed by atoms with E-state index in [1.165, 1.54) is 11.6 Å². The Kier molecular flexibility index (Phi) is 5.27. The van der Waals surface area contributed by atoms with Crippen LogP contribution in [0.2, 0.25) is 0 Å². The van der Waals surface area contributed by atoms with Gasteiger partial charge in [-0.1, -0.05) is 12.1 Å². The summed E-state index contributed by atoms with van der Waals surface area (Å²) in [6, 6.07) is 9.84. The summed E-state index contributed by atoms with van der Waals surface area (Å²) in [5.41, 5.74) is 2.38. The van der Waals surface area contributed by atoms with E-state index in [-0.39, 0.29) is 5.82 Å². The zero-order chi connectivity index (χ0) is 16.8. The Hall–Kier alpha value is -2.61. The van der Waals surface area contributed by atoms with Crippen LogP contribution in [0.3, 0.4) is 0 Å². The van der Waals surface area contributed by atoms with Gasteiger partial charge in [-0.2, -0.15) is 16.4 Å². The summed E-state index contributed by atoms with van der Waals surface area (Å²) in [5.74, 6) is 1.83. The lowest BCUT2D eigenvalue weighted by Crippen LogP contribution is -2.01. The third-order valence-corrected chi connectivity index (χ3v) is 4.61. The normalized spacial score (nSPS) is 10.8. The van der Waals surface area contributed by atoms with E-state index in [4.69, 9.17) is 0 Å². The molecule has 0 N–H and O–H groups in total. The third kappa shape index (κ3) is 4.23. The second-order valence-corrected chi connectivity index (χ2v) is 6.34. The average molecular weight is 343 g/mol. The van der Waals surface area contributed by atoms with Crippen LogP contribution in [0, 0.1) is 10.1 Å². The summed E-state index contributed by atoms with van der Waals surface area (Å²) >= 11 is 1.85. The molecule has 0 aliphatic carbocycles. The molecule has 2 aromatic heterocycles. The molecule has 7 nitrogen and oxygen atoms in total. The Morgan fingerprint density at radius 3 is 2.67 bits per heavy atom. The number of imidazole rings is 1. The average Bonchev–Trinajstić information content (AvgIpc) is 3.27. The summed E-state index contributed by atoms with van der Waals surface area (Å²) in [4.78, 5) is 14.1. The van der Waals surface area contributed by atoms with Gasteiger partial charge in [0.25, 0.3) is 0 Å². The highest BCUT2D eigenvalue weighted by Crippen LogP contribution is 2.16. The molecule has 124 valence electrons. The van der Waals surface area contributed by atoms with Gasteiger partial charge in [-0.15, -0.1) is 0 Å². The zero-order valence-electron chi connectivity index (χ0n) is 13.0. The summed E-state index contributed by atoms with van der Waals surface area (Å²) < 4.78 is 3.60. The number of nitro groups is 1. The molecule has 0 amide bonds. The Morgan fingerprint density at radius 1 is 1.17 bits per heavy atom. The van der Waals surface area contributed by atoms with Gasteiger partial charge in [-0.3, -0.25) is 0 Å². The second-order valence-electron chi connectivity index (χ2n) is 5.24. The number of nitrogens with zero attached hydrogens (tertiary/aromatic N) is 5. The number of hydrogen-bond acceptors (Lipinski definition) is 5. The fourth-order valence-electron chi connectivity index (χ4n) is 2.27. The number of rotatable bonds is 8. The van der Waals surface area contributed by atoms with E-state index < -0.39 is 4.92 Å². The molecular formula is C16H17N5O2S. The van der Waals surface area contributed by atoms with Crippen molar-refractivity contribution >= 4 is 17.6 Å². The van der Waals surface area contributed by atoms with Crippen molar-refractivity contribution in [1.82, 2.24) is 19.3 Å². The molecule has 0 bridgehead atoms. The van der Waals surface area contributed by atoms with E-state index in [1.807, 2.05) is 22.5 Å². The lowest BCUT2D eigenvalue weighted by molar-refractivity contribution is -0.389. The maximum absolute atomic E-state index is 10.6. The fourth-order valence-corrected chi connectivity index (χ4v) is 3.17. The maximum Gasteiger partial charge on any atom is 0.389 e. The van der Waals surface area contributed by atoms with E-state index in [1.54, 1.807) is 23.4 Å². The minimum absolute atomic E-state index is 0.0966. The van der Waals surface area contributed by atoms with Crippen LogP contribution in [0.1, 0.15) is 12.0 Å². The topological polar surface area (TPSA) is 78.8 Å². The van der Waals surface area contributed by atoms with Crippen LogP contribution in [0.4, 0.5) is 5.82 Å². The smallest absolute Gasteiger partial charge is 0.358 e. The Labute approximate surface area is 143 Å². The van der Waals surface area contributed by atoms with Crippen molar-refractivity contribution in [2.45, 2.75) is 18.7 Å². The van der Waals surface area contributed by atoms with Crippen LogP contribution < -0.4 is 0 Å². The van der Waals surface area contributed by atoms with Crippen LogP contribution >= 0.6 is 11.8 Å². The number of aromatic nitrogens is 4. The molecular weight excluding hydrogens is 326 g/mol. The molecule has 3 aromatic rings. The van der Waals surface area contributed by atoms with Gasteiger partial charge in [0.05, 0.1) is 30.2 Å². The van der Waals surface area contributed by atoms with Crippen molar-refractivity contribution in [3.63, 3.8) is 0 Å². The first-order chi connectivity index (χ1) is 11.7. The highest BCUT2D eigenvalue weighted by Gasteiger charge is 2.09. The van der Waals surface area contributed by atoms with Gasteiger partial charge in [0.15, 0.2) is 0 Å². The predicted octanol–water partition coefficient (Wildman–Crippen LogP) is 3.30. The number of benzene rings is 1. The third-order valence-electron chi connectivity index (χ3n) is 3.50. The van der Waals surface area contributed by atoms with Crippen molar-refractivity contribution in [2.75, 3.05) is 5.75 Å². The predicted molar refractivity (Wildman–Crippen MR) is 93.2 cm³/mol. The number of thioether (sulfide) groups is 1. The van der Waals surface area contributed by atoms with Gasteiger partial charge < -0.3 is 14.7 Å². The van der Waals surface area contributed by atoms with Gasteiger partial charge >= 0.3 is 5.82 Å². The van der Waals surface area contributed by atoms with Gasteiger partial charge in [0, 0.05) is 23.8 Å². The molecule has 8 heteroatoms. The van der Waals surface area contributed by atoms with Gasteiger partial charge in [-0.05, 0) is 34.8 Å². The standard InChI is InChI=1S/C16H17N5O2S/c22-21(23)16-6-9-20(18-16)8-1-11-24-12-14-2-4-15(5-3-14)19-10-7-17-13-19/h2-7,9-10,13H,1,8,11-12H2. The lowest BCUT2D eigenvalue weighted by Gasteiger charge is -2.05. The van der Waals surface area contributed by atoms with Crippen molar-refractivity contribution in [3.05, 3.63) is 70.9 Å². The molecule has 0 radical (unpaired) electrons. The minimum Gasteiger partial charge on any atom is -0.358 e. The Bertz CT molecular complexity index is 783. The van der Waals surface area contributed by atoms with Crippen LogP contribution in [0.25, 0.3) is 5.69 Å². The molecule has 0 spiro atoms. The molecule has 0 aliphatic heterocycles. The van der Waals surface area contributed by atoms with Crippen molar-refractivity contribution in [1.29, 1.82) is 0 Å². The van der Waals surface area contributed by atoms with Gasteiger partial charge in [0.2, 0.25) is 0 Å². The quantitative estimate of drug-likeness (QED) is 0.356. The first kappa shape index (κ1) is 16.3. The zero-order valence-corrected chi connectivity index (χ0v) is 13.8. The lowest BCUT2D eigenvalue weighted by atomic mass is 10.2. The highest BCUT2D eigenvalue weighted by molar-refractivity contribution is 7.98. The van der Waals surface area contributed by atoms with Crippen LogP contribution in [0.5, 0.6) is 0 Å². The monoisotopic (exact) mass is 343 g/mol. The number of hydrogen-bond donors (Lipinski definition) is 0. The first-order valence-corrected chi connectivity index (χ1v) is 8.71. The van der Waals surface area contributed by atoms with Crippen molar-refractivity contribution < 1.29 is 4.92 Å². The van der Waals surface area contributed by atoms with Gasteiger partial charge in [-0.25, -0.2) is 4.98 Å². The van der Waals surface area contributed by atoms with Crippen LogP contribution in [-0.4, -0.2) is 30.0 Å². The molecule has 0 fully saturated rings. The molecule has 2 heterocycles. The second kappa shape index (κ2) is 7.78. The first-order valence-electron chi connectivity index (χ1n) is 7.55. The van der Waals surface area contributed by atoms with Gasteiger partial charge in [0.1, 0.15) is 0 Å². The molecule has 1 aromatic carbocycles. The highest BCUT2D eigenvalue weighted by atomic mass is 32.2. The minimum atomic E-state index is -0.474. The van der Waals surface area contributed by atoms with E-state index in [0.29, 0.717) is 6.54 Å². The van der Waals surface area contributed by atoms with E-state index in [0.717, 1.165) is 23.6 Å². The number of aryl methyl sites for hydroxylation is 1. The molecule has 0 unspecified atom stereocenters. The Balaban J connectivity index is 1.39. The van der Waals surface area contributed by atoms with Crippen molar-refractivity contribution in [2.24, 2.45) is 0 Å². The summed E-state index contributed by atoms with van der Waals surface area (Å²) in [7, 11) is 0. The molecule has 0 saturated carbocycles. The Morgan fingerprint density at radius 2 is 2.00 bits per heavy atom. The van der Waals surface area contributed by atoms with Crippen molar-refractivity contribution in [3.8, 4) is 5.69 Å². The van der Waals surface area contributed by atoms with E-state index in [9.17, 15) is 10.1 Å². The molecule has 0 saturated heterocycles. The molecule has 0 aliphatic rings. The molecule has 0 atom stereocenters. The summed E-state index contributed by atoms with van der Waals surface area (Å²) in [5, 5.41) is 14.5. The maximum atomic E-state index is 10.6. The van der Waals surface area contributed by atoms with E-state index >= 15 is 0 Å². The van der Waals surface area contributed by atoms with Crippen LogP contribution in [-0.2, 0) is 12.3 Å². The molecule has 3 rings (SSSR count). The fraction of sp³-hybridized carbons (Fsp3) is 0.250.